The Bertz CT molecular complexity index is 975. The van der Waals surface area contributed by atoms with E-state index in [4.69, 9.17) is 9.72 Å². The van der Waals surface area contributed by atoms with Crippen molar-refractivity contribution in [3.63, 3.8) is 0 Å². The number of nitrogens with one attached hydrogen (secondary N) is 1. The van der Waals surface area contributed by atoms with Crippen LogP contribution in [0.2, 0.25) is 0 Å². The molecule has 0 radical (unpaired) electrons. The van der Waals surface area contributed by atoms with Crippen LogP contribution in [-0.4, -0.2) is 21.6 Å². The molecular weight excluding hydrogens is 357 g/mol. The molecule has 0 bridgehead atoms. The van der Waals surface area contributed by atoms with Crippen molar-refractivity contribution in [2.75, 3.05) is 5.32 Å². The van der Waals surface area contributed by atoms with Gasteiger partial charge < -0.3 is 14.6 Å². The van der Waals surface area contributed by atoms with E-state index in [1.807, 2.05) is 30.5 Å². The van der Waals surface area contributed by atoms with Crippen LogP contribution in [0.3, 0.4) is 0 Å². The predicted octanol–water partition coefficient (Wildman–Crippen LogP) is 4.43. The van der Waals surface area contributed by atoms with Crippen LogP contribution in [0.5, 0.6) is 5.75 Å². The molecule has 5 nitrogen and oxygen atoms in total. The number of nitrogens with zero attached hydrogens (tertiary/aromatic N) is 2. The van der Waals surface area contributed by atoms with Gasteiger partial charge in [0, 0.05) is 30.8 Å². The lowest BCUT2D eigenvalue weighted by Crippen LogP contribution is -2.30. The number of fused-ring (bicyclic) bond motifs is 1. The standard InChI is InChI=1S/C22H22FN3O2/c1-15(28-17-8-6-7-16(23)13-17)22(27)25-19-10-3-2-9-18(19)20-14-26-12-5-4-11-21(26)24-20/h2-3,6-10,13-15H,4-5,11-12H2,1H3,(H,25,27). The van der Waals surface area contributed by atoms with Crippen LogP contribution < -0.4 is 10.1 Å². The molecular formula is C22H22FN3O2. The average molecular weight is 379 g/mol. The Hall–Kier alpha value is -3.15. The first-order chi connectivity index (χ1) is 13.6. The Kier molecular flexibility index (Phi) is 5.10. The molecule has 2 heterocycles. The maximum atomic E-state index is 13.3. The van der Waals surface area contributed by atoms with Gasteiger partial charge in [-0.3, -0.25) is 4.79 Å². The molecule has 0 aliphatic carbocycles. The van der Waals surface area contributed by atoms with E-state index < -0.39 is 11.9 Å². The SMILES string of the molecule is CC(Oc1cccc(F)c1)C(=O)Nc1ccccc1-c1cn2c(n1)CCCC2. The second kappa shape index (κ2) is 7.84. The molecule has 0 saturated heterocycles. The molecule has 1 N–H and O–H groups in total. The van der Waals surface area contributed by atoms with Crippen molar-refractivity contribution in [2.24, 2.45) is 0 Å². The molecule has 144 valence electrons. The van der Waals surface area contributed by atoms with E-state index in [0.29, 0.717) is 11.4 Å². The van der Waals surface area contributed by atoms with Gasteiger partial charge in [0.25, 0.3) is 5.91 Å². The molecule has 0 saturated carbocycles. The first kappa shape index (κ1) is 18.2. The van der Waals surface area contributed by atoms with Gasteiger partial charge in [-0.1, -0.05) is 24.3 Å². The summed E-state index contributed by atoms with van der Waals surface area (Å²) in [7, 11) is 0. The third-order valence-electron chi connectivity index (χ3n) is 4.85. The van der Waals surface area contributed by atoms with Gasteiger partial charge in [-0.15, -0.1) is 0 Å². The third-order valence-corrected chi connectivity index (χ3v) is 4.85. The zero-order valence-electron chi connectivity index (χ0n) is 15.7. The van der Waals surface area contributed by atoms with Crippen LogP contribution in [0.4, 0.5) is 10.1 Å². The van der Waals surface area contributed by atoms with Crippen molar-refractivity contribution in [3.8, 4) is 17.0 Å². The minimum absolute atomic E-state index is 0.305. The number of amides is 1. The molecule has 6 heteroatoms. The third kappa shape index (κ3) is 3.91. The first-order valence-electron chi connectivity index (χ1n) is 9.49. The number of anilines is 1. The molecule has 1 aromatic heterocycles. The maximum absolute atomic E-state index is 13.3. The van der Waals surface area contributed by atoms with E-state index in [1.54, 1.807) is 19.1 Å². The van der Waals surface area contributed by atoms with Crippen LogP contribution in [-0.2, 0) is 17.8 Å². The van der Waals surface area contributed by atoms with Crippen molar-refractivity contribution in [1.29, 1.82) is 0 Å². The Morgan fingerprint density at radius 3 is 2.89 bits per heavy atom. The summed E-state index contributed by atoms with van der Waals surface area (Å²) >= 11 is 0. The summed E-state index contributed by atoms with van der Waals surface area (Å²) in [5.41, 5.74) is 2.40. The molecule has 1 unspecified atom stereocenters. The zero-order valence-corrected chi connectivity index (χ0v) is 15.7. The highest BCUT2D eigenvalue weighted by Gasteiger charge is 2.19. The van der Waals surface area contributed by atoms with E-state index in [-0.39, 0.29) is 5.91 Å². The van der Waals surface area contributed by atoms with Crippen LogP contribution in [0.1, 0.15) is 25.6 Å². The molecule has 3 aromatic rings. The fourth-order valence-corrected chi connectivity index (χ4v) is 3.39. The predicted molar refractivity (Wildman–Crippen MR) is 106 cm³/mol. The highest BCUT2D eigenvalue weighted by atomic mass is 19.1. The molecule has 0 fully saturated rings. The van der Waals surface area contributed by atoms with Crippen molar-refractivity contribution in [2.45, 2.75) is 38.8 Å². The summed E-state index contributed by atoms with van der Waals surface area (Å²) in [5, 5.41) is 2.92. The quantitative estimate of drug-likeness (QED) is 0.713. The minimum atomic E-state index is -0.773. The number of carbonyl (C=O) groups is 1. The van der Waals surface area contributed by atoms with Crippen molar-refractivity contribution in [3.05, 3.63) is 66.4 Å². The summed E-state index contributed by atoms with van der Waals surface area (Å²) in [5.74, 6) is 0.697. The number of imidazole rings is 1. The number of rotatable bonds is 5. The lowest BCUT2D eigenvalue weighted by Gasteiger charge is -2.16. The zero-order chi connectivity index (χ0) is 19.5. The monoisotopic (exact) mass is 379 g/mol. The lowest BCUT2D eigenvalue weighted by atomic mass is 10.1. The Balaban J connectivity index is 1.52. The minimum Gasteiger partial charge on any atom is -0.481 e. The van der Waals surface area contributed by atoms with Gasteiger partial charge in [-0.25, -0.2) is 9.37 Å². The van der Waals surface area contributed by atoms with E-state index in [9.17, 15) is 9.18 Å². The number of benzene rings is 2. The molecule has 1 atom stereocenters. The summed E-state index contributed by atoms with van der Waals surface area (Å²) in [4.78, 5) is 17.4. The van der Waals surface area contributed by atoms with Gasteiger partial charge in [0.2, 0.25) is 0 Å². The summed E-state index contributed by atoms with van der Waals surface area (Å²) in [6, 6.07) is 13.3. The molecule has 1 aliphatic heterocycles. The van der Waals surface area contributed by atoms with Crippen molar-refractivity contribution in [1.82, 2.24) is 9.55 Å². The number of carbonyl (C=O) groups excluding carboxylic acids is 1. The van der Waals surface area contributed by atoms with Crippen LogP contribution >= 0.6 is 0 Å². The summed E-state index contributed by atoms with van der Waals surface area (Å²) in [6.07, 6.45) is 4.57. The molecule has 4 rings (SSSR count). The first-order valence-corrected chi connectivity index (χ1v) is 9.49. The van der Waals surface area contributed by atoms with Crippen LogP contribution in [0.25, 0.3) is 11.3 Å². The van der Waals surface area contributed by atoms with Crippen LogP contribution in [0.15, 0.2) is 54.7 Å². The van der Waals surface area contributed by atoms with E-state index in [0.717, 1.165) is 42.9 Å². The Morgan fingerprint density at radius 1 is 1.21 bits per heavy atom. The number of aryl methyl sites for hydroxylation is 2. The second-order valence-electron chi connectivity index (χ2n) is 6.95. The number of ether oxygens (including phenoxy) is 1. The summed E-state index contributed by atoms with van der Waals surface area (Å²) < 4.78 is 21.1. The van der Waals surface area contributed by atoms with Crippen molar-refractivity contribution < 1.29 is 13.9 Å². The van der Waals surface area contributed by atoms with E-state index in [2.05, 4.69) is 9.88 Å². The molecule has 2 aromatic carbocycles. The molecule has 28 heavy (non-hydrogen) atoms. The maximum Gasteiger partial charge on any atom is 0.265 e. The average Bonchev–Trinajstić information content (AvgIpc) is 3.12. The smallest absolute Gasteiger partial charge is 0.265 e. The van der Waals surface area contributed by atoms with Gasteiger partial charge in [0.05, 0.1) is 11.4 Å². The number of hydrogen-bond donors (Lipinski definition) is 1. The normalized spacial score (nSPS) is 14.2. The molecule has 0 spiro atoms. The van der Waals surface area contributed by atoms with Crippen LogP contribution in [0, 0.1) is 5.82 Å². The molecule has 1 aliphatic rings. The Morgan fingerprint density at radius 2 is 2.07 bits per heavy atom. The molecule has 1 amide bonds. The number of halogens is 1. The number of aromatic nitrogens is 2. The van der Waals surface area contributed by atoms with Gasteiger partial charge in [-0.2, -0.15) is 0 Å². The van der Waals surface area contributed by atoms with E-state index >= 15 is 0 Å². The van der Waals surface area contributed by atoms with Gasteiger partial charge in [0.15, 0.2) is 6.10 Å². The summed E-state index contributed by atoms with van der Waals surface area (Å²) in [6.45, 7) is 2.62. The van der Waals surface area contributed by atoms with Gasteiger partial charge >= 0.3 is 0 Å². The fraction of sp³-hybridized carbons (Fsp3) is 0.273. The van der Waals surface area contributed by atoms with Gasteiger partial charge in [-0.05, 0) is 38.0 Å². The highest BCUT2D eigenvalue weighted by molar-refractivity contribution is 5.97. The number of hydrogen-bond acceptors (Lipinski definition) is 3. The number of para-hydroxylation sites is 1. The fourth-order valence-electron chi connectivity index (χ4n) is 3.39. The second-order valence-corrected chi connectivity index (χ2v) is 6.95. The lowest BCUT2D eigenvalue weighted by molar-refractivity contribution is -0.122. The van der Waals surface area contributed by atoms with Gasteiger partial charge in [0.1, 0.15) is 17.4 Å². The largest absolute Gasteiger partial charge is 0.481 e. The van der Waals surface area contributed by atoms with E-state index in [1.165, 1.54) is 12.1 Å². The van der Waals surface area contributed by atoms with Crippen molar-refractivity contribution >= 4 is 11.6 Å². The topological polar surface area (TPSA) is 56.1 Å². The Labute approximate surface area is 163 Å². The highest BCUT2D eigenvalue weighted by Crippen LogP contribution is 2.29.